The number of carbonyl (C=O) groups excluding carboxylic acids is 2. The van der Waals surface area contributed by atoms with Crippen LogP contribution in [0.25, 0.3) is 5.69 Å². The summed E-state index contributed by atoms with van der Waals surface area (Å²) in [4.78, 5) is 26.8. The molecular formula is C32H32F2N4O2. The molecule has 206 valence electrons. The van der Waals surface area contributed by atoms with Gasteiger partial charge in [0.1, 0.15) is 17.3 Å². The molecule has 0 aliphatic carbocycles. The van der Waals surface area contributed by atoms with Gasteiger partial charge in [-0.2, -0.15) is 5.10 Å². The molecule has 1 aromatic heterocycles. The van der Waals surface area contributed by atoms with Crippen LogP contribution in [0.5, 0.6) is 0 Å². The predicted octanol–water partition coefficient (Wildman–Crippen LogP) is 6.10. The molecule has 0 saturated heterocycles. The number of hydrogen-bond donors (Lipinski definition) is 1. The number of amides is 2. The topological polar surface area (TPSA) is 67.2 Å². The first-order valence-corrected chi connectivity index (χ1v) is 13.4. The molecule has 1 aliphatic heterocycles. The molecule has 0 spiro atoms. The lowest BCUT2D eigenvalue weighted by atomic mass is 9.83. The fourth-order valence-corrected chi connectivity index (χ4v) is 5.14. The first-order valence-electron chi connectivity index (χ1n) is 13.4. The Balaban J connectivity index is 1.39. The van der Waals surface area contributed by atoms with Crippen LogP contribution >= 0.6 is 0 Å². The summed E-state index contributed by atoms with van der Waals surface area (Å²) >= 11 is 0. The summed E-state index contributed by atoms with van der Waals surface area (Å²) in [6.45, 7) is 7.06. The second-order valence-corrected chi connectivity index (χ2v) is 11.2. The summed E-state index contributed by atoms with van der Waals surface area (Å²) in [5.74, 6) is -1.65. The number of imide groups is 1. The van der Waals surface area contributed by atoms with Crippen LogP contribution in [0.15, 0.2) is 79.0 Å². The summed E-state index contributed by atoms with van der Waals surface area (Å²) in [5.41, 5.74) is 3.33. The number of benzene rings is 3. The van der Waals surface area contributed by atoms with E-state index in [0.29, 0.717) is 30.5 Å². The van der Waals surface area contributed by atoms with Gasteiger partial charge in [-0.15, -0.1) is 0 Å². The molecule has 5 rings (SSSR count). The van der Waals surface area contributed by atoms with E-state index < -0.39 is 11.6 Å². The van der Waals surface area contributed by atoms with E-state index in [4.69, 9.17) is 5.10 Å². The van der Waals surface area contributed by atoms with E-state index in [2.05, 4.69) is 26.1 Å². The lowest BCUT2D eigenvalue weighted by Gasteiger charge is -2.31. The van der Waals surface area contributed by atoms with E-state index in [-0.39, 0.29) is 35.5 Å². The molecular weight excluding hydrogens is 510 g/mol. The largest absolute Gasteiger partial charge is 0.308 e. The van der Waals surface area contributed by atoms with Gasteiger partial charge in [-0.05, 0) is 53.8 Å². The van der Waals surface area contributed by atoms with Crippen molar-refractivity contribution in [1.82, 2.24) is 20.0 Å². The Labute approximate surface area is 232 Å². The monoisotopic (exact) mass is 542 g/mol. The van der Waals surface area contributed by atoms with Gasteiger partial charge in [-0.25, -0.2) is 13.5 Å². The Morgan fingerprint density at radius 2 is 1.55 bits per heavy atom. The molecule has 3 aromatic carbocycles. The molecule has 1 aliphatic rings. The van der Waals surface area contributed by atoms with Gasteiger partial charge in [-0.3, -0.25) is 14.5 Å². The van der Waals surface area contributed by atoms with Crippen LogP contribution in [0.3, 0.4) is 0 Å². The fourth-order valence-electron chi connectivity index (χ4n) is 5.14. The zero-order valence-corrected chi connectivity index (χ0v) is 22.8. The molecule has 4 aromatic rings. The van der Waals surface area contributed by atoms with Crippen molar-refractivity contribution >= 4 is 11.8 Å². The van der Waals surface area contributed by atoms with Crippen LogP contribution in [0.4, 0.5) is 8.78 Å². The lowest BCUT2D eigenvalue weighted by molar-refractivity contribution is 0.0651. The van der Waals surface area contributed by atoms with E-state index in [0.717, 1.165) is 35.0 Å². The zero-order valence-electron chi connectivity index (χ0n) is 22.8. The van der Waals surface area contributed by atoms with Crippen molar-refractivity contribution < 1.29 is 18.4 Å². The van der Waals surface area contributed by atoms with Gasteiger partial charge in [0.2, 0.25) is 0 Å². The van der Waals surface area contributed by atoms with E-state index in [1.165, 1.54) is 9.58 Å². The quantitative estimate of drug-likeness (QED) is 0.205. The third-order valence-electron chi connectivity index (χ3n) is 7.14. The summed E-state index contributed by atoms with van der Waals surface area (Å²) in [6.07, 6.45) is 2.88. The number of hydrogen-bond acceptors (Lipinski definition) is 4. The van der Waals surface area contributed by atoms with Crippen LogP contribution in [-0.2, 0) is 6.42 Å². The van der Waals surface area contributed by atoms with Gasteiger partial charge < -0.3 is 5.32 Å². The molecule has 40 heavy (non-hydrogen) atoms. The first kappa shape index (κ1) is 27.4. The molecule has 8 heteroatoms. The highest BCUT2D eigenvalue weighted by atomic mass is 19.1. The van der Waals surface area contributed by atoms with Crippen molar-refractivity contribution in [3.05, 3.63) is 119 Å². The van der Waals surface area contributed by atoms with Gasteiger partial charge in [-0.1, -0.05) is 63.2 Å². The SMILES string of the molecule is CC(C)(C)C(NCCCN1C(=O)c2ccccc2C1=O)c1nn(-c2cc(F)ccc2F)cc1Cc1ccccc1. The highest BCUT2D eigenvalue weighted by molar-refractivity contribution is 6.21. The molecule has 0 radical (unpaired) electrons. The first-order chi connectivity index (χ1) is 19.1. The minimum Gasteiger partial charge on any atom is -0.308 e. The second-order valence-electron chi connectivity index (χ2n) is 11.2. The maximum Gasteiger partial charge on any atom is 0.261 e. The van der Waals surface area contributed by atoms with E-state index in [1.54, 1.807) is 30.5 Å². The predicted molar refractivity (Wildman–Crippen MR) is 149 cm³/mol. The standard InChI is InChI=1S/C32H32F2N4O2/c1-32(2,3)29(35-16-9-17-37-30(39)24-12-7-8-13-25(24)31(37)40)28-22(18-21-10-5-4-6-11-21)20-38(36-28)27-19-23(33)14-15-26(27)34/h4-8,10-15,19-20,29,35H,9,16-18H2,1-3H3. The third-order valence-corrected chi connectivity index (χ3v) is 7.14. The Hall–Kier alpha value is -4.17. The lowest BCUT2D eigenvalue weighted by Crippen LogP contribution is -2.36. The Morgan fingerprint density at radius 1 is 0.900 bits per heavy atom. The van der Waals surface area contributed by atoms with Gasteiger partial charge in [0.25, 0.3) is 11.8 Å². The number of nitrogens with zero attached hydrogens (tertiary/aromatic N) is 3. The minimum atomic E-state index is -0.567. The van der Waals surface area contributed by atoms with Crippen LogP contribution in [0.1, 0.15) is 70.8 Å². The molecule has 6 nitrogen and oxygen atoms in total. The van der Waals surface area contributed by atoms with Crippen LogP contribution < -0.4 is 5.32 Å². The number of nitrogens with one attached hydrogen (secondary N) is 1. The maximum atomic E-state index is 14.7. The van der Waals surface area contributed by atoms with Gasteiger partial charge in [0.15, 0.2) is 0 Å². The maximum absolute atomic E-state index is 14.7. The van der Waals surface area contributed by atoms with Crippen molar-refractivity contribution in [3.8, 4) is 5.69 Å². The Bertz CT molecular complexity index is 1510. The van der Waals surface area contributed by atoms with Crippen molar-refractivity contribution in [1.29, 1.82) is 0 Å². The van der Waals surface area contributed by atoms with Crippen LogP contribution in [-0.4, -0.2) is 39.6 Å². The minimum absolute atomic E-state index is 0.0406. The molecule has 1 unspecified atom stereocenters. The van der Waals surface area contributed by atoms with Crippen molar-refractivity contribution in [2.45, 2.75) is 39.7 Å². The summed E-state index contributed by atoms with van der Waals surface area (Å²) in [6, 6.07) is 19.9. The Kier molecular flexibility index (Phi) is 7.63. The van der Waals surface area contributed by atoms with Gasteiger partial charge >= 0.3 is 0 Å². The van der Waals surface area contributed by atoms with Crippen molar-refractivity contribution in [2.24, 2.45) is 5.41 Å². The van der Waals surface area contributed by atoms with Gasteiger partial charge in [0.05, 0.1) is 22.9 Å². The number of aromatic nitrogens is 2. The fraction of sp³-hybridized carbons (Fsp3) is 0.281. The normalized spacial score (nSPS) is 14.1. The van der Waals surface area contributed by atoms with E-state index in [1.807, 2.05) is 30.3 Å². The Morgan fingerprint density at radius 3 is 2.20 bits per heavy atom. The van der Waals surface area contributed by atoms with E-state index >= 15 is 0 Å². The third kappa shape index (κ3) is 5.58. The van der Waals surface area contributed by atoms with E-state index in [9.17, 15) is 18.4 Å². The number of carbonyl (C=O) groups is 2. The average Bonchev–Trinajstić information content (AvgIpc) is 3.44. The van der Waals surface area contributed by atoms with Crippen molar-refractivity contribution in [3.63, 3.8) is 0 Å². The molecule has 1 N–H and O–H groups in total. The number of rotatable bonds is 9. The molecule has 2 amide bonds. The highest BCUT2D eigenvalue weighted by Gasteiger charge is 2.35. The highest BCUT2D eigenvalue weighted by Crippen LogP contribution is 2.35. The summed E-state index contributed by atoms with van der Waals surface area (Å²) in [7, 11) is 0. The average molecular weight is 543 g/mol. The second kappa shape index (κ2) is 11.1. The molecule has 0 saturated carbocycles. The van der Waals surface area contributed by atoms with Crippen LogP contribution in [0.2, 0.25) is 0 Å². The van der Waals surface area contributed by atoms with Crippen molar-refractivity contribution in [2.75, 3.05) is 13.1 Å². The van der Waals surface area contributed by atoms with Crippen LogP contribution in [0, 0.1) is 17.0 Å². The van der Waals surface area contributed by atoms with Gasteiger partial charge in [0, 0.05) is 25.2 Å². The summed E-state index contributed by atoms with van der Waals surface area (Å²) < 4.78 is 30.2. The number of fused-ring (bicyclic) bond motifs is 1. The summed E-state index contributed by atoms with van der Waals surface area (Å²) in [5, 5.41) is 8.36. The molecule has 2 heterocycles. The molecule has 0 bridgehead atoms. The smallest absolute Gasteiger partial charge is 0.261 e. The number of halogens is 2. The molecule has 1 atom stereocenters. The zero-order chi connectivity index (χ0) is 28.4. The molecule has 0 fully saturated rings.